The quantitative estimate of drug-likeness (QED) is 0.473. The summed E-state index contributed by atoms with van der Waals surface area (Å²) >= 11 is 6.03. The lowest BCUT2D eigenvalue weighted by atomic mass is 9.70. The maximum absolute atomic E-state index is 6.64. The minimum Gasteiger partial charge on any atom is -0.485 e. The summed E-state index contributed by atoms with van der Waals surface area (Å²) in [5.41, 5.74) is 7.17. The molecular weight excluding hydrogens is 372 g/mol. The standard InChI is InChI=1S/C27H21OS/c1-18-16-21-17-20-12-8-9-15-23(20)27(29)25(21)26(28-22-13-6-3-7-14-22)24(18)19-10-4-2-5-11-19/h2-17,25-26H,1H3. The van der Waals surface area contributed by atoms with Gasteiger partial charge in [0.2, 0.25) is 0 Å². The molecule has 0 saturated heterocycles. The molecule has 5 rings (SSSR count). The molecule has 2 heteroatoms. The molecule has 3 aromatic carbocycles. The highest BCUT2D eigenvalue weighted by Gasteiger charge is 2.40. The molecule has 0 aromatic heterocycles. The van der Waals surface area contributed by atoms with Crippen LogP contribution in [-0.2, 0) is 0 Å². The molecule has 1 nitrogen and oxygen atoms in total. The smallest absolute Gasteiger partial charge is 0.136 e. The number of hydrogen-bond donors (Lipinski definition) is 0. The van der Waals surface area contributed by atoms with E-state index in [1.165, 1.54) is 27.8 Å². The van der Waals surface area contributed by atoms with Gasteiger partial charge in [0.25, 0.3) is 0 Å². The zero-order valence-corrected chi connectivity index (χ0v) is 17.0. The van der Waals surface area contributed by atoms with Crippen LogP contribution in [0.2, 0.25) is 0 Å². The van der Waals surface area contributed by atoms with Crippen LogP contribution in [0, 0.1) is 12.3 Å². The predicted octanol–water partition coefficient (Wildman–Crippen LogP) is 6.45. The summed E-state index contributed by atoms with van der Waals surface area (Å²) in [6.07, 6.45) is 4.37. The summed E-state index contributed by atoms with van der Waals surface area (Å²) in [7, 11) is 0. The van der Waals surface area contributed by atoms with Crippen molar-refractivity contribution < 1.29 is 4.74 Å². The Hall–Kier alpha value is -2.97. The van der Waals surface area contributed by atoms with Crippen molar-refractivity contribution in [3.05, 3.63) is 125 Å². The van der Waals surface area contributed by atoms with Crippen molar-refractivity contribution in [3.63, 3.8) is 0 Å². The van der Waals surface area contributed by atoms with Gasteiger partial charge in [-0.25, -0.2) is 0 Å². The highest BCUT2D eigenvalue weighted by atomic mass is 32.1. The fourth-order valence-corrected chi connectivity index (χ4v) is 4.83. The average molecular weight is 394 g/mol. The van der Waals surface area contributed by atoms with Gasteiger partial charge in [-0.05, 0) is 46.9 Å². The highest BCUT2D eigenvalue weighted by molar-refractivity contribution is 7.81. The van der Waals surface area contributed by atoms with E-state index in [9.17, 15) is 0 Å². The largest absolute Gasteiger partial charge is 0.485 e. The van der Waals surface area contributed by atoms with Crippen molar-refractivity contribution in [2.24, 2.45) is 5.92 Å². The van der Waals surface area contributed by atoms with E-state index >= 15 is 0 Å². The van der Waals surface area contributed by atoms with Gasteiger partial charge >= 0.3 is 0 Å². The molecule has 2 aliphatic rings. The zero-order valence-electron chi connectivity index (χ0n) is 16.2. The summed E-state index contributed by atoms with van der Waals surface area (Å²) in [5, 5.41) is 0. The second kappa shape index (κ2) is 7.46. The van der Waals surface area contributed by atoms with Gasteiger partial charge in [-0.2, -0.15) is 0 Å². The molecule has 0 amide bonds. The summed E-state index contributed by atoms with van der Waals surface area (Å²) in [6.45, 7) is 2.17. The lowest BCUT2D eigenvalue weighted by Crippen LogP contribution is -2.40. The molecule has 2 aliphatic carbocycles. The Morgan fingerprint density at radius 3 is 2.21 bits per heavy atom. The first-order valence-corrected chi connectivity index (χ1v) is 10.3. The molecule has 0 saturated carbocycles. The number of para-hydroxylation sites is 1. The van der Waals surface area contributed by atoms with E-state index in [-0.39, 0.29) is 12.0 Å². The van der Waals surface area contributed by atoms with Crippen LogP contribution in [0.15, 0.2) is 102 Å². The second-order valence-corrected chi connectivity index (χ2v) is 7.97. The van der Waals surface area contributed by atoms with Crippen LogP contribution in [0.4, 0.5) is 0 Å². The summed E-state index contributed by atoms with van der Waals surface area (Å²) in [6, 6.07) is 29.0. The third-order valence-electron chi connectivity index (χ3n) is 5.68. The van der Waals surface area contributed by atoms with E-state index in [0.717, 1.165) is 16.2 Å². The molecule has 0 bridgehead atoms. The molecule has 3 aromatic rings. The number of ether oxygens (including phenoxy) is 1. The lowest BCUT2D eigenvalue weighted by molar-refractivity contribution is 0.233. The number of hydrogen-bond acceptors (Lipinski definition) is 2. The number of benzene rings is 3. The van der Waals surface area contributed by atoms with Gasteiger partial charge in [0.05, 0.1) is 5.92 Å². The van der Waals surface area contributed by atoms with Crippen LogP contribution in [0.5, 0.6) is 5.75 Å². The Balaban J connectivity index is 1.67. The van der Waals surface area contributed by atoms with E-state index in [1.54, 1.807) is 0 Å². The Bertz CT molecular complexity index is 1130. The number of rotatable bonds is 3. The first kappa shape index (κ1) is 18.1. The Labute approximate surface area is 177 Å². The number of thiocarbonyl (C=S) groups is 1. The maximum atomic E-state index is 6.64. The van der Waals surface area contributed by atoms with Gasteiger partial charge < -0.3 is 4.74 Å². The molecule has 29 heavy (non-hydrogen) atoms. The van der Waals surface area contributed by atoms with Crippen molar-refractivity contribution in [2.45, 2.75) is 13.0 Å². The Morgan fingerprint density at radius 1 is 0.793 bits per heavy atom. The van der Waals surface area contributed by atoms with Gasteiger partial charge in [0.1, 0.15) is 11.9 Å². The normalized spacial score (nSPS) is 20.6. The van der Waals surface area contributed by atoms with Gasteiger partial charge in [-0.3, -0.25) is 0 Å². The number of fused-ring (bicyclic) bond motifs is 2. The Morgan fingerprint density at radius 2 is 1.45 bits per heavy atom. The maximum Gasteiger partial charge on any atom is 0.136 e. The molecule has 141 valence electrons. The van der Waals surface area contributed by atoms with Crippen LogP contribution < -0.4 is 4.74 Å². The molecular formula is C27H21OS. The van der Waals surface area contributed by atoms with Crippen LogP contribution in [0.3, 0.4) is 0 Å². The molecule has 0 aliphatic heterocycles. The van der Waals surface area contributed by atoms with Crippen LogP contribution >= 0.6 is 12.2 Å². The molecule has 0 spiro atoms. The van der Waals surface area contributed by atoms with Gasteiger partial charge in [-0.15, -0.1) is 0 Å². The zero-order chi connectivity index (χ0) is 19.8. The Kier molecular flexibility index (Phi) is 4.65. The molecule has 0 fully saturated rings. The fourth-order valence-electron chi connectivity index (χ4n) is 4.38. The molecule has 2 unspecified atom stereocenters. The average Bonchev–Trinajstić information content (AvgIpc) is 2.75. The topological polar surface area (TPSA) is 9.23 Å². The SMILES string of the molecule is CC1=C(c2ccccc2)C(Oc2ccccc2)C2C(=S)c3ccccc3[CH]C2=C1. The lowest BCUT2D eigenvalue weighted by Gasteiger charge is -2.39. The fraction of sp³-hybridized carbons (Fsp3) is 0.111. The third-order valence-corrected chi connectivity index (χ3v) is 6.15. The van der Waals surface area contributed by atoms with E-state index in [2.05, 4.69) is 68.0 Å². The third kappa shape index (κ3) is 3.24. The van der Waals surface area contributed by atoms with E-state index in [1.807, 2.05) is 36.4 Å². The van der Waals surface area contributed by atoms with Gasteiger partial charge in [-0.1, -0.05) is 91.1 Å². The van der Waals surface area contributed by atoms with Crippen LogP contribution in [0.1, 0.15) is 23.6 Å². The van der Waals surface area contributed by atoms with E-state index < -0.39 is 0 Å². The second-order valence-electron chi connectivity index (χ2n) is 7.53. The molecule has 0 N–H and O–H groups in total. The predicted molar refractivity (Wildman–Crippen MR) is 123 cm³/mol. The first-order valence-electron chi connectivity index (χ1n) is 9.90. The monoisotopic (exact) mass is 393 g/mol. The molecule has 2 atom stereocenters. The summed E-state index contributed by atoms with van der Waals surface area (Å²) < 4.78 is 6.64. The van der Waals surface area contributed by atoms with Gasteiger partial charge in [0.15, 0.2) is 0 Å². The van der Waals surface area contributed by atoms with Crippen molar-refractivity contribution in [3.8, 4) is 5.75 Å². The van der Waals surface area contributed by atoms with Crippen molar-refractivity contribution in [2.75, 3.05) is 0 Å². The first-order chi connectivity index (χ1) is 14.2. The van der Waals surface area contributed by atoms with Crippen molar-refractivity contribution in [1.29, 1.82) is 0 Å². The molecule has 1 radical (unpaired) electrons. The minimum absolute atomic E-state index is 0.0130. The summed E-state index contributed by atoms with van der Waals surface area (Å²) in [5.74, 6) is 0.876. The van der Waals surface area contributed by atoms with Gasteiger partial charge in [0, 0.05) is 16.9 Å². The van der Waals surface area contributed by atoms with Crippen LogP contribution in [-0.4, -0.2) is 11.0 Å². The minimum atomic E-state index is -0.170. The van der Waals surface area contributed by atoms with E-state index in [4.69, 9.17) is 17.0 Å². The van der Waals surface area contributed by atoms with Crippen LogP contribution in [0.25, 0.3) is 5.57 Å². The van der Waals surface area contributed by atoms with E-state index in [0.29, 0.717) is 0 Å². The number of allylic oxidation sites excluding steroid dienone is 2. The summed E-state index contributed by atoms with van der Waals surface area (Å²) in [4.78, 5) is 0.955. The van der Waals surface area contributed by atoms with Crippen molar-refractivity contribution >= 4 is 22.7 Å². The highest BCUT2D eigenvalue weighted by Crippen LogP contribution is 2.44. The van der Waals surface area contributed by atoms with Crippen molar-refractivity contribution in [1.82, 2.24) is 0 Å². The molecule has 0 heterocycles.